The number of guanidine groups is 1. The van der Waals surface area contributed by atoms with Crippen LogP contribution in [-0.2, 0) is 4.79 Å². The van der Waals surface area contributed by atoms with E-state index in [0.717, 1.165) is 11.3 Å². The third-order valence-electron chi connectivity index (χ3n) is 4.11. The fourth-order valence-corrected chi connectivity index (χ4v) is 3.08. The van der Waals surface area contributed by atoms with Gasteiger partial charge in [-0.1, -0.05) is 29.8 Å². The van der Waals surface area contributed by atoms with Crippen molar-refractivity contribution in [2.24, 2.45) is 10.7 Å². The molecular weight excluding hydrogens is 495 g/mol. The first-order chi connectivity index (χ1) is 13.1. The van der Waals surface area contributed by atoms with Crippen molar-refractivity contribution in [1.29, 1.82) is 0 Å². The summed E-state index contributed by atoms with van der Waals surface area (Å²) in [7, 11) is 1.54. The van der Waals surface area contributed by atoms with Crippen molar-refractivity contribution in [3.05, 3.63) is 53.1 Å². The van der Waals surface area contributed by atoms with Crippen molar-refractivity contribution in [3.8, 4) is 11.5 Å². The summed E-state index contributed by atoms with van der Waals surface area (Å²) in [5.41, 5.74) is 7.47. The van der Waals surface area contributed by atoms with E-state index in [1.807, 2.05) is 24.3 Å². The first-order valence-electron chi connectivity index (χ1n) is 8.48. The van der Waals surface area contributed by atoms with E-state index in [4.69, 9.17) is 26.8 Å². The van der Waals surface area contributed by atoms with Gasteiger partial charge in [0.2, 0.25) is 5.91 Å². The van der Waals surface area contributed by atoms with Crippen LogP contribution in [0.25, 0.3) is 0 Å². The molecule has 1 aliphatic rings. The van der Waals surface area contributed by atoms with Gasteiger partial charge in [-0.25, -0.2) is 4.99 Å². The Labute approximate surface area is 185 Å². The molecule has 0 aliphatic carbocycles. The highest BCUT2D eigenvalue weighted by Crippen LogP contribution is 2.31. The van der Waals surface area contributed by atoms with Gasteiger partial charge in [-0.2, -0.15) is 0 Å². The van der Waals surface area contributed by atoms with Crippen LogP contribution >= 0.6 is 35.6 Å². The number of nitrogens with zero attached hydrogens (tertiary/aromatic N) is 1. The lowest BCUT2D eigenvalue weighted by Crippen LogP contribution is -2.34. The van der Waals surface area contributed by atoms with Gasteiger partial charge in [0, 0.05) is 17.7 Å². The molecule has 150 valence electrons. The molecule has 7 nitrogen and oxygen atoms in total. The molecule has 0 radical (unpaired) electrons. The highest BCUT2D eigenvalue weighted by atomic mass is 127. The number of anilines is 1. The number of halogens is 2. The molecule has 1 amide bonds. The fraction of sp³-hybridized carbons (Fsp3) is 0.263. The van der Waals surface area contributed by atoms with Crippen LogP contribution in [0.2, 0.25) is 5.02 Å². The molecule has 2 aromatic carbocycles. The van der Waals surface area contributed by atoms with Gasteiger partial charge in [0.1, 0.15) is 18.0 Å². The van der Waals surface area contributed by atoms with E-state index in [2.05, 4.69) is 15.6 Å². The summed E-state index contributed by atoms with van der Waals surface area (Å²) in [6.45, 7) is 0.482. The third kappa shape index (κ3) is 5.65. The Morgan fingerprint density at radius 1 is 1.36 bits per heavy atom. The largest absolute Gasteiger partial charge is 0.495 e. The minimum absolute atomic E-state index is 0. The molecule has 0 bridgehead atoms. The van der Waals surface area contributed by atoms with Crippen LogP contribution in [-0.4, -0.2) is 32.1 Å². The number of amides is 1. The smallest absolute Gasteiger partial charge is 0.242 e. The number of carbonyl (C=O) groups excluding carboxylic acids is 1. The molecule has 1 aliphatic heterocycles. The van der Waals surface area contributed by atoms with Crippen LogP contribution in [0.1, 0.15) is 18.0 Å². The van der Waals surface area contributed by atoms with E-state index < -0.39 is 0 Å². The number of nitrogens with one attached hydrogen (secondary N) is 2. The molecule has 9 heteroatoms. The van der Waals surface area contributed by atoms with Gasteiger partial charge in [-0.3, -0.25) is 4.79 Å². The van der Waals surface area contributed by atoms with Crippen molar-refractivity contribution in [1.82, 2.24) is 5.32 Å². The van der Waals surface area contributed by atoms with Gasteiger partial charge in [-0.05, 0) is 24.3 Å². The summed E-state index contributed by atoms with van der Waals surface area (Å²) >= 11 is 6.07. The summed E-state index contributed by atoms with van der Waals surface area (Å²) in [6, 6.07) is 12.7. The van der Waals surface area contributed by atoms with Crippen LogP contribution in [0.3, 0.4) is 0 Å². The minimum atomic E-state index is -0.214. The second-order valence-corrected chi connectivity index (χ2v) is 6.38. The lowest BCUT2D eigenvalue weighted by Gasteiger charge is -2.26. The molecule has 1 heterocycles. The SMILES string of the molecule is COc1ccc(NC(N)=NCC(=O)NC2CCOc3ccccc32)cc1Cl.I. The van der Waals surface area contributed by atoms with E-state index in [1.54, 1.807) is 25.3 Å². The topological polar surface area (TPSA) is 98.0 Å². The Kier molecular flexibility index (Phi) is 8.18. The minimum Gasteiger partial charge on any atom is -0.495 e. The molecule has 0 saturated carbocycles. The van der Waals surface area contributed by atoms with E-state index in [0.29, 0.717) is 29.5 Å². The summed E-state index contributed by atoms with van der Waals surface area (Å²) in [6.07, 6.45) is 0.713. The van der Waals surface area contributed by atoms with Crippen molar-refractivity contribution in [3.63, 3.8) is 0 Å². The van der Waals surface area contributed by atoms with Crippen molar-refractivity contribution < 1.29 is 14.3 Å². The summed E-state index contributed by atoms with van der Waals surface area (Å²) in [5, 5.41) is 6.32. The number of nitrogens with two attached hydrogens (primary N) is 1. The number of methoxy groups -OCH3 is 1. The zero-order chi connectivity index (χ0) is 19.2. The number of benzene rings is 2. The van der Waals surface area contributed by atoms with Gasteiger partial charge in [0.05, 0.1) is 24.8 Å². The van der Waals surface area contributed by atoms with Crippen LogP contribution in [0.5, 0.6) is 11.5 Å². The molecule has 0 saturated heterocycles. The van der Waals surface area contributed by atoms with E-state index in [-0.39, 0.29) is 48.4 Å². The van der Waals surface area contributed by atoms with E-state index in [9.17, 15) is 4.79 Å². The summed E-state index contributed by atoms with van der Waals surface area (Å²) in [5.74, 6) is 1.27. The lowest BCUT2D eigenvalue weighted by molar-refractivity contribution is -0.120. The number of carbonyl (C=O) groups is 1. The van der Waals surface area contributed by atoms with Gasteiger partial charge >= 0.3 is 0 Å². The number of fused-ring (bicyclic) bond motifs is 1. The van der Waals surface area contributed by atoms with Crippen LogP contribution in [0.4, 0.5) is 5.69 Å². The Morgan fingerprint density at radius 3 is 2.89 bits per heavy atom. The molecular formula is C19H22ClIN4O3. The monoisotopic (exact) mass is 516 g/mol. The third-order valence-corrected chi connectivity index (χ3v) is 4.41. The Balaban J connectivity index is 0.00000280. The summed E-state index contributed by atoms with van der Waals surface area (Å²) in [4.78, 5) is 16.3. The standard InChI is InChI=1S/C19H21ClN4O3.HI/c1-26-17-7-6-12(10-14(17)20)23-19(21)22-11-18(25)24-15-8-9-27-16-5-3-2-4-13(15)16;/h2-7,10,15H,8-9,11H2,1H3,(H,24,25)(H3,21,22,23);1H. The Hall–Kier alpha value is -2.20. The molecule has 0 aromatic heterocycles. The number of hydrogen-bond acceptors (Lipinski definition) is 4. The molecule has 4 N–H and O–H groups in total. The zero-order valence-corrected chi connectivity index (χ0v) is 18.4. The number of ether oxygens (including phenoxy) is 2. The van der Waals surface area contributed by atoms with Crippen LogP contribution in [0.15, 0.2) is 47.5 Å². The van der Waals surface area contributed by atoms with Crippen molar-refractivity contribution in [2.45, 2.75) is 12.5 Å². The molecule has 0 spiro atoms. The second-order valence-electron chi connectivity index (χ2n) is 5.97. The maximum Gasteiger partial charge on any atom is 0.242 e. The first kappa shape index (κ1) is 22.1. The van der Waals surface area contributed by atoms with Crippen LogP contribution < -0.4 is 25.8 Å². The molecule has 0 fully saturated rings. The van der Waals surface area contributed by atoms with Gasteiger partial charge in [-0.15, -0.1) is 24.0 Å². The number of rotatable bonds is 5. The normalized spacial score (nSPS) is 15.5. The van der Waals surface area contributed by atoms with E-state index >= 15 is 0 Å². The molecule has 28 heavy (non-hydrogen) atoms. The zero-order valence-electron chi connectivity index (χ0n) is 15.3. The highest BCUT2D eigenvalue weighted by molar-refractivity contribution is 14.0. The van der Waals surface area contributed by atoms with Gasteiger partial charge in [0.15, 0.2) is 5.96 Å². The maximum absolute atomic E-state index is 12.2. The molecule has 1 atom stereocenters. The van der Waals surface area contributed by atoms with Gasteiger partial charge < -0.3 is 25.8 Å². The highest BCUT2D eigenvalue weighted by Gasteiger charge is 2.22. The predicted molar refractivity (Wildman–Crippen MR) is 121 cm³/mol. The fourth-order valence-electron chi connectivity index (χ4n) is 2.82. The van der Waals surface area contributed by atoms with Crippen LogP contribution in [0, 0.1) is 0 Å². The number of hydrogen-bond donors (Lipinski definition) is 3. The lowest BCUT2D eigenvalue weighted by atomic mass is 10.0. The van der Waals surface area contributed by atoms with Gasteiger partial charge in [0.25, 0.3) is 0 Å². The molecule has 3 rings (SSSR count). The summed E-state index contributed by atoms with van der Waals surface area (Å²) < 4.78 is 10.7. The second kappa shape index (κ2) is 10.4. The van der Waals surface area contributed by atoms with E-state index in [1.165, 1.54) is 0 Å². The average Bonchev–Trinajstić information content (AvgIpc) is 2.67. The molecule has 2 aromatic rings. The predicted octanol–water partition coefficient (Wildman–Crippen LogP) is 3.33. The Bertz CT molecular complexity index is 863. The maximum atomic E-state index is 12.2. The van der Waals surface area contributed by atoms with Crippen molar-refractivity contribution >= 4 is 53.1 Å². The average molecular weight is 517 g/mol. The van der Waals surface area contributed by atoms with Crippen molar-refractivity contribution in [2.75, 3.05) is 25.6 Å². The quantitative estimate of drug-likeness (QED) is 0.322. The number of aliphatic imine (C=N–C) groups is 1. The Morgan fingerprint density at radius 2 is 2.14 bits per heavy atom. The first-order valence-corrected chi connectivity index (χ1v) is 8.86. The molecule has 1 unspecified atom stereocenters. The number of para-hydroxylation sites is 1.